The number of piperazine rings is 1. The topological polar surface area (TPSA) is 52.7 Å². The number of amides is 2. The molecule has 5 nitrogen and oxygen atoms in total. The summed E-state index contributed by atoms with van der Waals surface area (Å²) in [5.41, 5.74) is 2.43. The van der Waals surface area contributed by atoms with Crippen LogP contribution in [0.4, 0.5) is 11.4 Å². The van der Waals surface area contributed by atoms with Gasteiger partial charge >= 0.3 is 0 Å². The van der Waals surface area contributed by atoms with E-state index in [-0.39, 0.29) is 11.8 Å². The van der Waals surface area contributed by atoms with Crippen LogP contribution < -0.4 is 10.2 Å². The van der Waals surface area contributed by atoms with Gasteiger partial charge in [0.15, 0.2) is 0 Å². The highest BCUT2D eigenvalue weighted by molar-refractivity contribution is 14.1. The molecule has 1 N–H and O–H groups in total. The van der Waals surface area contributed by atoms with E-state index in [9.17, 15) is 9.59 Å². The number of hydrogen-bond donors (Lipinski definition) is 1. The summed E-state index contributed by atoms with van der Waals surface area (Å²) in [6.07, 6.45) is 0. The van der Waals surface area contributed by atoms with Crippen LogP contribution in [0.3, 0.4) is 0 Å². The first-order chi connectivity index (χ1) is 12.0. The minimum atomic E-state index is -0.117. The molecule has 2 amide bonds. The Balaban J connectivity index is 1.75. The lowest BCUT2D eigenvalue weighted by molar-refractivity contribution is -0.129. The van der Waals surface area contributed by atoms with Crippen molar-refractivity contribution in [2.75, 3.05) is 36.4 Å². The standard InChI is InChI=1S/C19H20IN3O2/c1-14(24)22-9-11-23(12-10-22)18-8-3-2-7-17(18)21-19(25)15-5-4-6-16(20)13-15/h2-8,13H,9-12H2,1H3,(H,21,25). The van der Waals surface area contributed by atoms with Crippen molar-refractivity contribution >= 4 is 45.8 Å². The van der Waals surface area contributed by atoms with Gasteiger partial charge in [0.05, 0.1) is 11.4 Å². The zero-order valence-electron chi connectivity index (χ0n) is 14.0. The van der Waals surface area contributed by atoms with E-state index in [1.54, 1.807) is 6.92 Å². The van der Waals surface area contributed by atoms with Crippen molar-refractivity contribution in [3.63, 3.8) is 0 Å². The number of rotatable bonds is 3. The maximum Gasteiger partial charge on any atom is 0.255 e. The Morgan fingerprint density at radius 1 is 1.00 bits per heavy atom. The fourth-order valence-corrected chi connectivity index (χ4v) is 3.48. The van der Waals surface area contributed by atoms with Crippen LogP contribution in [0.1, 0.15) is 17.3 Å². The summed E-state index contributed by atoms with van der Waals surface area (Å²) in [6.45, 7) is 4.53. The summed E-state index contributed by atoms with van der Waals surface area (Å²) < 4.78 is 1.03. The second kappa shape index (κ2) is 7.86. The molecular formula is C19H20IN3O2. The lowest BCUT2D eigenvalue weighted by atomic mass is 10.1. The second-order valence-corrected chi connectivity index (χ2v) is 7.22. The minimum Gasteiger partial charge on any atom is -0.366 e. The van der Waals surface area contributed by atoms with Gasteiger partial charge in [-0.2, -0.15) is 0 Å². The summed E-state index contributed by atoms with van der Waals surface area (Å²) in [6, 6.07) is 15.3. The van der Waals surface area contributed by atoms with Gasteiger partial charge in [0.2, 0.25) is 5.91 Å². The van der Waals surface area contributed by atoms with Crippen LogP contribution in [0.5, 0.6) is 0 Å². The molecule has 1 heterocycles. The highest BCUT2D eigenvalue weighted by Gasteiger charge is 2.21. The maximum absolute atomic E-state index is 12.6. The first-order valence-electron chi connectivity index (χ1n) is 8.21. The summed E-state index contributed by atoms with van der Waals surface area (Å²) >= 11 is 2.20. The first kappa shape index (κ1) is 17.7. The van der Waals surface area contributed by atoms with Crippen LogP contribution in [-0.4, -0.2) is 42.9 Å². The molecule has 1 aliphatic heterocycles. The number of nitrogens with zero attached hydrogens (tertiary/aromatic N) is 2. The van der Waals surface area contributed by atoms with Gasteiger partial charge in [0, 0.05) is 42.2 Å². The average molecular weight is 449 g/mol. The summed E-state index contributed by atoms with van der Waals surface area (Å²) in [5, 5.41) is 3.02. The zero-order valence-corrected chi connectivity index (χ0v) is 16.2. The molecule has 3 rings (SSSR count). The van der Waals surface area contributed by atoms with Crippen molar-refractivity contribution in [2.24, 2.45) is 0 Å². The highest BCUT2D eigenvalue weighted by atomic mass is 127. The summed E-state index contributed by atoms with van der Waals surface area (Å²) in [4.78, 5) is 28.1. The van der Waals surface area contributed by atoms with Crippen LogP contribution in [-0.2, 0) is 4.79 Å². The molecule has 1 saturated heterocycles. The molecule has 2 aromatic rings. The predicted molar refractivity (Wildman–Crippen MR) is 108 cm³/mol. The normalized spacial score (nSPS) is 14.3. The number of benzene rings is 2. The molecule has 0 radical (unpaired) electrons. The Hall–Kier alpha value is -2.09. The van der Waals surface area contributed by atoms with Crippen LogP contribution in [0.2, 0.25) is 0 Å². The van der Waals surface area contributed by atoms with Crippen molar-refractivity contribution in [2.45, 2.75) is 6.92 Å². The Morgan fingerprint density at radius 3 is 2.40 bits per heavy atom. The fraction of sp³-hybridized carbons (Fsp3) is 0.263. The zero-order chi connectivity index (χ0) is 17.8. The van der Waals surface area contributed by atoms with Gasteiger partial charge in [-0.15, -0.1) is 0 Å². The van der Waals surface area contributed by atoms with E-state index < -0.39 is 0 Å². The van der Waals surface area contributed by atoms with E-state index in [4.69, 9.17) is 0 Å². The van der Waals surface area contributed by atoms with Gasteiger partial charge in [-0.1, -0.05) is 18.2 Å². The molecular weight excluding hydrogens is 429 g/mol. The van der Waals surface area contributed by atoms with Crippen LogP contribution >= 0.6 is 22.6 Å². The molecule has 0 unspecified atom stereocenters. The van der Waals surface area contributed by atoms with Crippen molar-refractivity contribution in [3.05, 3.63) is 57.7 Å². The molecule has 0 bridgehead atoms. The van der Waals surface area contributed by atoms with Crippen LogP contribution in [0.15, 0.2) is 48.5 Å². The van der Waals surface area contributed by atoms with Gasteiger partial charge in [0.25, 0.3) is 5.91 Å². The van der Waals surface area contributed by atoms with E-state index in [1.165, 1.54) is 0 Å². The van der Waals surface area contributed by atoms with Crippen molar-refractivity contribution < 1.29 is 9.59 Å². The van der Waals surface area contributed by atoms with E-state index in [0.29, 0.717) is 18.7 Å². The molecule has 0 spiro atoms. The van der Waals surface area contributed by atoms with Crippen molar-refractivity contribution in [3.8, 4) is 0 Å². The monoisotopic (exact) mass is 449 g/mol. The Morgan fingerprint density at radius 2 is 1.72 bits per heavy atom. The van der Waals surface area contributed by atoms with Gasteiger partial charge < -0.3 is 15.1 Å². The fourth-order valence-electron chi connectivity index (χ4n) is 2.94. The molecule has 1 fully saturated rings. The molecule has 6 heteroatoms. The van der Waals surface area contributed by atoms with Crippen LogP contribution in [0.25, 0.3) is 0 Å². The quantitative estimate of drug-likeness (QED) is 0.733. The first-order valence-corrected chi connectivity index (χ1v) is 9.29. The number of anilines is 2. The lowest BCUT2D eigenvalue weighted by Crippen LogP contribution is -2.48. The third-order valence-corrected chi connectivity index (χ3v) is 4.98. The van der Waals surface area contributed by atoms with Crippen LogP contribution in [0, 0.1) is 3.57 Å². The van der Waals surface area contributed by atoms with Crippen molar-refractivity contribution in [1.29, 1.82) is 0 Å². The Kier molecular flexibility index (Phi) is 5.57. The molecule has 25 heavy (non-hydrogen) atoms. The third-order valence-electron chi connectivity index (χ3n) is 4.30. The average Bonchev–Trinajstić information content (AvgIpc) is 2.62. The van der Waals surface area contributed by atoms with E-state index in [0.717, 1.165) is 28.0 Å². The number of para-hydroxylation sites is 2. The second-order valence-electron chi connectivity index (χ2n) is 5.97. The molecule has 0 saturated carbocycles. The molecule has 0 aliphatic carbocycles. The number of carbonyl (C=O) groups excluding carboxylic acids is 2. The number of carbonyl (C=O) groups is 2. The maximum atomic E-state index is 12.6. The molecule has 0 aromatic heterocycles. The third kappa shape index (κ3) is 4.31. The summed E-state index contributed by atoms with van der Waals surface area (Å²) in [7, 11) is 0. The van der Waals surface area contributed by atoms with Gasteiger partial charge in [-0.25, -0.2) is 0 Å². The molecule has 130 valence electrons. The summed E-state index contributed by atoms with van der Waals surface area (Å²) in [5.74, 6) is -0.00624. The van der Waals surface area contributed by atoms with Crippen molar-refractivity contribution in [1.82, 2.24) is 4.90 Å². The number of hydrogen-bond acceptors (Lipinski definition) is 3. The van der Waals surface area contributed by atoms with Gasteiger partial charge in [-0.05, 0) is 52.9 Å². The highest BCUT2D eigenvalue weighted by Crippen LogP contribution is 2.27. The number of nitrogens with one attached hydrogen (secondary N) is 1. The van der Waals surface area contributed by atoms with Gasteiger partial charge in [-0.3, -0.25) is 9.59 Å². The Labute approximate surface area is 161 Å². The molecule has 0 atom stereocenters. The predicted octanol–water partition coefficient (Wildman–Crippen LogP) is 3.21. The Bertz CT molecular complexity index is 786. The lowest BCUT2D eigenvalue weighted by Gasteiger charge is -2.36. The van der Waals surface area contributed by atoms with E-state index in [1.807, 2.05) is 53.4 Å². The smallest absolute Gasteiger partial charge is 0.255 e. The molecule has 2 aromatic carbocycles. The minimum absolute atomic E-state index is 0.111. The van der Waals surface area contributed by atoms with Gasteiger partial charge in [0.1, 0.15) is 0 Å². The molecule has 1 aliphatic rings. The van der Waals surface area contributed by atoms with E-state index in [2.05, 4.69) is 32.8 Å². The largest absolute Gasteiger partial charge is 0.366 e. The van der Waals surface area contributed by atoms with E-state index >= 15 is 0 Å². The SMILES string of the molecule is CC(=O)N1CCN(c2ccccc2NC(=O)c2cccc(I)c2)CC1. The number of halogens is 1.